The first-order valence-electron chi connectivity index (χ1n) is 4.52. The molecule has 0 amide bonds. The van der Waals surface area contributed by atoms with Crippen molar-refractivity contribution in [2.45, 2.75) is 25.6 Å². The van der Waals surface area contributed by atoms with E-state index in [-0.39, 0.29) is 6.10 Å². The van der Waals surface area contributed by atoms with Gasteiger partial charge in [0.2, 0.25) is 0 Å². The van der Waals surface area contributed by atoms with E-state index < -0.39 is 5.60 Å². The van der Waals surface area contributed by atoms with E-state index in [1.807, 2.05) is 38.1 Å². The third-order valence-electron chi connectivity index (χ3n) is 2.65. The maximum Gasteiger partial charge on any atom is 0.115 e. The molecule has 70 valence electrons. The molecule has 2 unspecified atom stereocenters. The van der Waals surface area contributed by atoms with Crippen molar-refractivity contribution in [1.82, 2.24) is 0 Å². The molecule has 1 fully saturated rings. The van der Waals surface area contributed by atoms with Crippen LogP contribution in [0, 0.1) is 6.92 Å². The van der Waals surface area contributed by atoms with Crippen LogP contribution < -0.4 is 0 Å². The highest BCUT2D eigenvalue weighted by atomic mass is 16.6. The number of rotatable bonds is 2. The fourth-order valence-electron chi connectivity index (χ4n) is 1.69. The van der Waals surface area contributed by atoms with Crippen LogP contribution in [0.3, 0.4) is 0 Å². The molecular formula is C11H14O2. The lowest BCUT2D eigenvalue weighted by atomic mass is 9.89. The average molecular weight is 178 g/mol. The van der Waals surface area contributed by atoms with Gasteiger partial charge in [-0.25, -0.2) is 0 Å². The maximum absolute atomic E-state index is 10.2. The molecule has 0 bridgehead atoms. The summed E-state index contributed by atoms with van der Waals surface area (Å²) in [6, 6.07) is 7.88. The molecule has 0 aromatic heterocycles. The second kappa shape index (κ2) is 2.82. The average Bonchev–Trinajstić information content (AvgIpc) is 2.86. The van der Waals surface area contributed by atoms with E-state index in [4.69, 9.17) is 4.74 Å². The standard InChI is InChI=1S/C11H14O2/c1-8-5-3-4-6-9(8)11(2,12)10-7-13-10/h3-6,10,12H,7H2,1-2H3. The molecule has 2 atom stereocenters. The smallest absolute Gasteiger partial charge is 0.115 e. The van der Waals surface area contributed by atoms with E-state index in [1.54, 1.807) is 0 Å². The third kappa shape index (κ3) is 1.47. The number of aryl methyl sites for hydroxylation is 1. The summed E-state index contributed by atoms with van der Waals surface area (Å²) in [7, 11) is 0. The maximum atomic E-state index is 10.2. The highest BCUT2D eigenvalue weighted by Crippen LogP contribution is 2.35. The summed E-state index contributed by atoms with van der Waals surface area (Å²) < 4.78 is 5.13. The predicted molar refractivity (Wildman–Crippen MR) is 50.5 cm³/mol. The van der Waals surface area contributed by atoms with Gasteiger partial charge in [0, 0.05) is 0 Å². The number of hydrogen-bond donors (Lipinski definition) is 1. The summed E-state index contributed by atoms with van der Waals surface area (Å²) in [6.07, 6.45) is -0.0198. The molecular weight excluding hydrogens is 164 g/mol. The van der Waals surface area contributed by atoms with Crippen molar-refractivity contribution in [2.24, 2.45) is 0 Å². The van der Waals surface area contributed by atoms with Gasteiger partial charge >= 0.3 is 0 Å². The second-order valence-electron chi connectivity index (χ2n) is 3.78. The van der Waals surface area contributed by atoms with Crippen molar-refractivity contribution < 1.29 is 9.84 Å². The van der Waals surface area contributed by atoms with E-state index in [0.717, 1.165) is 11.1 Å². The molecule has 13 heavy (non-hydrogen) atoms. The van der Waals surface area contributed by atoms with Crippen molar-refractivity contribution in [3.63, 3.8) is 0 Å². The lowest BCUT2D eigenvalue weighted by Crippen LogP contribution is -2.29. The van der Waals surface area contributed by atoms with Gasteiger partial charge in [0.15, 0.2) is 0 Å². The van der Waals surface area contributed by atoms with E-state index in [0.29, 0.717) is 6.61 Å². The Kier molecular flexibility index (Phi) is 1.90. The van der Waals surface area contributed by atoms with Gasteiger partial charge in [0.25, 0.3) is 0 Å². The Bertz CT molecular complexity index is 314. The number of epoxide rings is 1. The molecule has 1 aromatic carbocycles. The van der Waals surface area contributed by atoms with Crippen LogP contribution in [0.4, 0.5) is 0 Å². The SMILES string of the molecule is Cc1ccccc1C(C)(O)C1CO1. The monoisotopic (exact) mass is 178 g/mol. The molecule has 1 aromatic rings. The van der Waals surface area contributed by atoms with Gasteiger partial charge in [-0.15, -0.1) is 0 Å². The van der Waals surface area contributed by atoms with Gasteiger partial charge in [0.05, 0.1) is 6.61 Å². The van der Waals surface area contributed by atoms with Crippen LogP contribution in [0.2, 0.25) is 0 Å². The molecule has 2 nitrogen and oxygen atoms in total. The molecule has 0 spiro atoms. The topological polar surface area (TPSA) is 32.8 Å². The van der Waals surface area contributed by atoms with Crippen molar-refractivity contribution in [2.75, 3.05) is 6.61 Å². The van der Waals surface area contributed by atoms with Crippen molar-refractivity contribution in [1.29, 1.82) is 0 Å². The minimum Gasteiger partial charge on any atom is -0.383 e. The van der Waals surface area contributed by atoms with Gasteiger partial charge in [-0.1, -0.05) is 24.3 Å². The molecule has 0 saturated carbocycles. The van der Waals surface area contributed by atoms with E-state index in [1.165, 1.54) is 0 Å². The summed E-state index contributed by atoms with van der Waals surface area (Å²) in [6.45, 7) is 4.49. The quantitative estimate of drug-likeness (QED) is 0.698. The van der Waals surface area contributed by atoms with Crippen molar-refractivity contribution >= 4 is 0 Å². The second-order valence-corrected chi connectivity index (χ2v) is 3.78. The van der Waals surface area contributed by atoms with Crippen LogP contribution in [0.15, 0.2) is 24.3 Å². The Hall–Kier alpha value is -0.860. The first-order valence-corrected chi connectivity index (χ1v) is 4.52. The van der Waals surface area contributed by atoms with E-state index in [9.17, 15) is 5.11 Å². The normalized spacial score (nSPS) is 25.3. The highest BCUT2D eigenvalue weighted by Gasteiger charge is 2.43. The molecule has 1 aliphatic rings. The van der Waals surface area contributed by atoms with Crippen molar-refractivity contribution in [3.05, 3.63) is 35.4 Å². The first kappa shape index (κ1) is 8.73. The largest absolute Gasteiger partial charge is 0.383 e. The summed E-state index contributed by atoms with van der Waals surface area (Å²) in [5.41, 5.74) is 1.26. The molecule has 1 aliphatic heterocycles. The number of benzene rings is 1. The van der Waals surface area contributed by atoms with Crippen LogP contribution in [0.5, 0.6) is 0 Å². The summed E-state index contributed by atoms with van der Waals surface area (Å²) >= 11 is 0. The molecule has 2 heteroatoms. The predicted octanol–water partition coefficient (Wildman–Crippen LogP) is 1.60. The minimum absolute atomic E-state index is 0.0198. The Balaban J connectivity index is 2.38. The number of hydrogen-bond acceptors (Lipinski definition) is 2. The van der Waals surface area contributed by atoms with Gasteiger partial charge in [-0.3, -0.25) is 0 Å². The zero-order valence-electron chi connectivity index (χ0n) is 7.95. The summed E-state index contributed by atoms with van der Waals surface area (Å²) in [5.74, 6) is 0. The van der Waals surface area contributed by atoms with Gasteiger partial charge < -0.3 is 9.84 Å². The highest BCUT2D eigenvalue weighted by molar-refractivity contribution is 5.32. The third-order valence-corrected chi connectivity index (χ3v) is 2.65. The van der Waals surface area contributed by atoms with Crippen LogP contribution >= 0.6 is 0 Å². The van der Waals surface area contributed by atoms with Crippen LogP contribution in [-0.4, -0.2) is 17.8 Å². The van der Waals surface area contributed by atoms with Gasteiger partial charge in [0.1, 0.15) is 11.7 Å². The van der Waals surface area contributed by atoms with Crippen molar-refractivity contribution in [3.8, 4) is 0 Å². The van der Waals surface area contributed by atoms with E-state index >= 15 is 0 Å². The molecule has 1 saturated heterocycles. The van der Waals surface area contributed by atoms with Crippen LogP contribution in [-0.2, 0) is 10.3 Å². The van der Waals surface area contributed by atoms with E-state index in [2.05, 4.69) is 0 Å². The summed E-state index contributed by atoms with van der Waals surface area (Å²) in [5, 5.41) is 10.2. The Morgan fingerprint density at radius 1 is 1.46 bits per heavy atom. The Morgan fingerprint density at radius 3 is 2.62 bits per heavy atom. The zero-order chi connectivity index (χ0) is 9.47. The molecule has 1 heterocycles. The first-order chi connectivity index (χ1) is 6.12. The number of ether oxygens (including phenoxy) is 1. The molecule has 2 rings (SSSR count). The van der Waals surface area contributed by atoms with Gasteiger partial charge in [-0.2, -0.15) is 0 Å². The van der Waals surface area contributed by atoms with Crippen LogP contribution in [0.25, 0.3) is 0 Å². The fraction of sp³-hybridized carbons (Fsp3) is 0.455. The Labute approximate surface area is 78.2 Å². The number of aliphatic hydroxyl groups is 1. The van der Waals surface area contributed by atoms with Crippen LogP contribution in [0.1, 0.15) is 18.1 Å². The fourth-order valence-corrected chi connectivity index (χ4v) is 1.69. The molecule has 0 radical (unpaired) electrons. The zero-order valence-corrected chi connectivity index (χ0v) is 7.95. The Morgan fingerprint density at radius 2 is 2.08 bits per heavy atom. The van der Waals surface area contributed by atoms with Gasteiger partial charge in [-0.05, 0) is 25.0 Å². The lowest BCUT2D eigenvalue weighted by molar-refractivity contribution is 0.0254. The summed E-state index contributed by atoms with van der Waals surface area (Å²) in [4.78, 5) is 0. The minimum atomic E-state index is -0.828. The molecule has 1 N–H and O–H groups in total. The molecule has 0 aliphatic carbocycles. The lowest BCUT2D eigenvalue weighted by Gasteiger charge is -2.23.